The van der Waals surface area contributed by atoms with Crippen LogP contribution in [0.5, 0.6) is 0 Å². The van der Waals surface area contributed by atoms with Gasteiger partial charge in [-0.1, -0.05) is 11.6 Å². The standard InChI is InChI=1S/C11H15ClN2OS2/c12-10-2-1-9(17-10)6-14-11(15)5-8-7-16-4-3-13-8/h1-2,8,13H,3-7H2,(H,14,15). The Labute approximate surface area is 114 Å². The number of halogens is 1. The van der Waals surface area contributed by atoms with Crippen LogP contribution in [0.25, 0.3) is 0 Å². The van der Waals surface area contributed by atoms with Crippen molar-refractivity contribution in [3.8, 4) is 0 Å². The molecule has 1 amide bonds. The van der Waals surface area contributed by atoms with Crippen molar-refractivity contribution in [1.29, 1.82) is 0 Å². The van der Waals surface area contributed by atoms with E-state index in [1.165, 1.54) is 11.3 Å². The van der Waals surface area contributed by atoms with Gasteiger partial charge in [0.05, 0.1) is 10.9 Å². The monoisotopic (exact) mass is 290 g/mol. The van der Waals surface area contributed by atoms with Gasteiger partial charge in [0.25, 0.3) is 0 Å². The molecule has 1 fully saturated rings. The summed E-state index contributed by atoms with van der Waals surface area (Å²) < 4.78 is 0.764. The molecular formula is C11H15ClN2OS2. The molecule has 1 aromatic heterocycles. The summed E-state index contributed by atoms with van der Waals surface area (Å²) in [6.45, 7) is 1.58. The van der Waals surface area contributed by atoms with Gasteiger partial charge in [-0.05, 0) is 12.1 Å². The topological polar surface area (TPSA) is 41.1 Å². The molecule has 17 heavy (non-hydrogen) atoms. The number of hydrogen-bond donors (Lipinski definition) is 2. The summed E-state index contributed by atoms with van der Waals surface area (Å²) in [5.41, 5.74) is 0. The van der Waals surface area contributed by atoms with Crippen molar-refractivity contribution >= 4 is 40.6 Å². The van der Waals surface area contributed by atoms with Crippen molar-refractivity contribution in [2.45, 2.75) is 19.0 Å². The first kappa shape index (κ1) is 13.2. The maximum atomic E-state index is 11.7. The Morgan fingerprint density at radius 3 is 3.12 bits per heavy atom. The van der Waals surface area contributed by atoms with Crippen molar-refractivity contribution in [3.63, 3.8) is 0 Å². The number of rotatable bonds is 4. The van der Waals surface area contributed by atoms with Gasteiger partial charge in [-0.3, -0.25) is 4.79 Å². The number of carbonyl (C=O) groups excluding carboxylic acids is 1. The fourth-order valence-electron chi connectivity index (χ4n) is 1.68. The van der Waals surface area contributed by atoms with E-state index in [4.69, 9.17) is 11.6 Å². The predicted octanol–water partition coefficient (Wildman–Crippen LogP) is 2.11. The lowest BCUT2D eigenvalue weighted by atomic mass is 10.2. The van der Waals surface area contributed by atoms with E-state index in [9.17, 15) is 4.79 Å². The molecule has 6 heteroatoms. The van der Waals surface area contributed by atoms with Gasteiger partial charge in [-0.25, -0.2) is 0 Å². The third-order valence-corrected chi connectivity index (χ3v) is 4.88. The van der Waals surface area contributed by atoms with E-state index >= 15 is 0 Å². The molecule has 1 atom stereocenters. The van der Waals surface area contributed by atoms with Crippen molar-refractivity contribution < 1.29 is 4.79 Å². The molecule has 1 saturated heterocycles. The molecule has 0 bridgehead atoms. The summed E-state index contributed by atoms with van der Waals surface area (Å²) in [7, 11) is 0. The second kappa shape index (κ2) is 6.64. The van der Waals surface area contributed by atoms with E-state index in [1.54, 1.807) is 0 Å². The van der Waals surface area contributed by atoms with Crippen molar-refractivity contribution in [1.82, 2.24) is 10.6 Å². The lowest BCUT2D eigenvalue weighted by molar-refractivity contribution is -0.121. The number of thiophene rings is 1. The van der Waals surface area contributed by atoms with Gasteiger partial charge in [0, 0.05) is 35.4 Å². The van der Waals surface area contributed by atoms with Gasteiger partial charge in [-0.2, -0.15) is 11.8 Å². The van der Waals surface area contributed by atoms with Crippen molar-refractivity contribution in [2.75, 3.05) is 18.1 Å². The average Bonchev–Trinajstić information content (AvgIpc) is 2.74. The quantitative estimate of drug-likeness (QED) is 0.892. The first-order valence-electron chi connectivity index (χ1n) is 5.56. The Morgan fingerprint density at radius 2 is 2.47 bits per heavy atom. The zero-order chi connectivity index (χ0) is 12.1. The number of hydrogen-bond acceptors (Lipinski definition) is 4. The molecule has 94 valence electrons. The van der Waals surface area contributed by atoms with Crippen molar-refractivity contribution in [2.24, 2.45) is 0 Å². The zero-order valence-electron chi connectivity index (χ0n) is 9.37. The Balaban J connectivity index is 1.70. The van der Waals surface area contributed by atoms with Crippen LogP contribution in [0.4, 0.5) is 0 Å². The van der Waals surface area contributed by atoms with E-state index in [2.05, 4.69) is 10.6 Å². The number of carbonyl (C=O) groups is 1. The first-order chi connectivity index (χ1) is 8.24. The predicted molar refractivity (Wildman–Crippen MR) is 74.9 cm³/mol. The molecule has 0 spiro atoms. The number of thioether (sulfide) groups is 1. The van der Waals surface area contributed by atoms with Crippen LogP contribution in [0.3, 0.4) is 0 Å². The molecule has 3 nitrogen and oxygen atoms in total. The Bertz CT molecular complexity index is 377. The third kappa shape index (κ3) is 4.50. The van der Waals surface area contributed by atoms with E-state index in [0.717, 1.165) is 27.3 Å². The highest BCUT2D eigenvalue weighted by Crippen LogP contribution is 2.21. The summed E-state index contributed by atoms with van der Waals surface area (Å²) >= 11 is 9.24. The summed E-state index contributed by atoms with van der Waals surface area (Å²) in [5.74, 6) is 2.28. The van der Waals surface area contributed by atoms with Crippen LogP contribution in [0.15, 0.2) is 12.1 Å². The van der Waals surface area contributed by atoms with E-state index < -0.39 is 0 Å². The molecule has 0 radical (unpaired) electrons. The van der Waals surface area contributed by atoms with Gasteiger partial charge in [-0.15, -0.1) is 11.3 Å². The van der Waals surface area contributed by atoms with Gasteiger partial charge >= 0.3 is 0 Å². The minimum atomic E-state index is 0.106. The second-order valence-electron chi connectivity index (χ2n) is 3.91. The minimum absolute atomic E-state index is 0.106. The van der Waals surface area contributed by atoms with Gasteiger partial charge in [0.1, 0.15) is 0 Å². The molecule has 0 aromatic carbocycles. The zero-order valence-corrected chi connectivity index (χ0v) is 11.8. The van der Waals surface area contributed by atoms with E-state index in [1.807, 2.05) is 23.9 Å². The lowest BCUT2D eigenvalue weighted by Gasteiger charge is -2.22. The maximum Gasteiger partial charge on any atom is 0.221 e. The van der Waals surface area contributed by atoms with Crippen LogP contribution in [-0.2, 0) is 11.3 Å². The highest BCUT2D eigenvalue weighted by molar-refractivity contribution is 7.99. The van der Waals surface area contributed by atoms with Crippen molar-refractivity contribution in [3.05, 3.63) is 21.3 Å². The number of nitrogens with one attached hydrogen (secondary N) is 2. The minimum Gasteiger partial charge on any atom is -0.351 e. The fourth-order valence-corrected chi connectivity index (χ4v) is 3.66. The van der Waals surface area contributed by atoms with Crippen LogP contribution < -0.4 is 10.6 Å². The maximum absolute atomic E-state index is 11.7. The van der Waals surface area contributed by atoms with E-state index in [0.29, 0.717) is 19.0 Å². The second-order valence-corrected chi connectivity index (χ2v) is 6.86. The Morgan fingerprint density at radius 1 is 1.59 bits per heavy atom. The Hall–Kier alpha value is -0.230. The van der Waals surface area contributed by atoms with Gasteiger partial charge in [0.15, 0.2) is 0 Å². The molecule has 1 aliphatic rings. The molecular weight excluding hydrogens is 276 g/mol. The van der Waals surface area contributed by atoms with Gasteiger partial charge in [0.2, 0.25) is 5.91 Å². The molecule has 1 aliphatic heterocycles. The molecule has 0 saturated carbocycles. The largest absolute Gasteiger partial charge is 0.351 e. The van der Waals surface area contributed by atoms with Gasteiger partial charge < -0.3 is 10.6 Å². The first-order valence-corrected chi connectivity index (χ1v) is 7.91. The summed E-state index contributed by atoms with van der Waals surface area (Å²) in [5, 5.41) is 6.28. The molecule has 1 aromatic rings. The summed E-state index contributed by atoms with van der Waals surface area (Å²) in [4.78, 5) is 12.8. The van der Waals surface area contributed by atoms with Crippen LogP contribution >= 0.6 is 34.7 Å². The third-order valence-electron chi connectivity index (χ3n) is 2.52. The smallest absolute Gasteiger partial charge is 0.221 e. The summed E-state index contributed by atoms with van der Waals surface area (Å²) in [6, 6.07) is 4.12. The fraction of sp³-hybridized carbons (Fsp3) is 0.545. The molecule has 1 unspecified atom stereocenters. The Kier molecular flexibility index (Phi) is 5.16. The average molecular weight is 291 g/mol. The normalized spacial score (nSPS) is 20.2. The SMILES string of the molecule is O=C(CC1CSCCN1)NCc1ccc(Cl)s1. The highest BCUT2D eigenvalue weighted by Gasteiger charge is 2.16. The van der Waals surface area contributed by atoms with E-state index in [-0.39, 0.29) is 5.91 Å². The number of amides is 1. The highest BCUT2D eigenvalue weighted by atomic mass is 35.5. The molecule has 2 N–H and O–H groups in total. The lowest BCUT2D eigenvalue weighted by Crippen LogP contribution is -2.41. The summed E-state index contributed by atoms with van der Waals surface area (Å²) in [6.07, 6.45) is 0.562. The molecule has 2 rings (SSSR count). The van der Waals surface area contributed by atoms with Crippen LogP contribution in [0.2, 0.25) is 4.34 Å². The van der Waals surface area contributed by atoms with Crippen LogP contribution in [0.1, 0.15) is 11.3 Å². The molecule has 2 heterocycles. The molecule has 0 aliphatic carbocycles. The van der Waals surface area contributed by atoms with Crippen LogP contribution in [0, 0.1) is 0 Å². The van der Waals surface area contributed by atoms with Crippen LogP contribution in [-0.4, -0.2) is 30.0 Å².